The molecule has 0 radical (unpaired) electrons. The van der Waals surface area contributed by atoms with Gasteiger partial charge in [0.2, 0.25) is 11.8 Å². The summed E-state index contributed by atoms with van der Waals surface area (Å²) in [6, 6.07) is 7.90. The van der Waals surface area contributed by atoms with E-state index in [0.29, 0.717) is 0 Å². The maximum absolute atomic E-state index is 12.1. The lowest BCUT2D eigenvalue weighted by molar-refractivity contribution is -0.128. The Hall–Kier alpha value is -1.92. The summed E-state index contributed by atoms with van der Waals surface area (Å²) in [6.07, 6.45) is 0.890. The van der Waals surface area contributed by atoms with Crippen LogP contribution in [0.3, 0.4) is 0 Å². The number of piperazine rings is 2. The van der Waals surface area contributed by atoms with E-state index in [1.807, 2.05) is 18.2 Å². The minimum atomic E-state index is -0.100. The van der Waals surface area contributed by atoms with Crippen LogP contribution >= 0.6 is 0 Å². The van der Waals surface area contributed by atoms with Crippen LogP contribution in [0.5, 0.6) is 0 Å². The van der Waals surface area contributed by atoms with E-state index in [1.165, 1.54) is 0 Å². The molecular formula is C16H22N4O2. The highest BCUT2D eigenvalue weighted by atomic mass is 16.2. The van der Waals surface area contributed by atoms with Gasteiger partial charge in [0, 0.05) is 38.4 Å². The molecule has 2 N–H and O–H groups in total. The average molecular weight is 302 g/mol. The Morgan fingerprint density at radius 1 is 1.09 bits per heavy atom. The fourth-order valence-electron chi connectivity index (χ4n) is 2.98. The lowest BCUT2D eigenvalue weighted by Gasteiger charge is -2.30. The van der Waals surface area contributed by atoms with Crippen molar-refractivity contribution in [1.82, 2.24) is 15.5 Å². The molecule has 0 bridgehead atoms. The third-order valence-electron chi connectivity index (χ3n) is 4.23. The zero-order chi connectivity index (χ0) is 15.4. The first-order valence-electron chi connectivity index (χ1n) is 7.82. The third-order valence-corrected chi connectivity index (χ3v) is 4.23. The first kappa shape index (κ1) is 15.0. The van der Waals surface area contributed by atoms with Crippen molar-refractivity contribution in [2.75, 3.05) is 50.7 Å². The maximum Gasteiger partial charge on any atom is 0.246 e. The SMILES string of the molecule is O=C1CN(c2ccccc2CCN2CCNCC2)C(=O)CN1. The number of hydrogen-bond acceptors (Lipinski definition) is 4. The van der Waals surface area contributed by atoms with Gasteiger partial charge in [0.1, 0.15) is 6.54 Å². The summed E-state index contributed by atoms with van der Waals surface area (Å²) in [5.74, 6) is -0.147. The lowest BCUT2D eigenvalue weighted by atomic mass is 10.1. The number of amides is 2. The molecule has 2 aliphatic rings. The molecule has 6 heteroatoms. The highest BCUT2D eigenvalue weighted by Crippen LogP contribution is 2.22. The van der Waals surface area contributed by atoms with Gasteiger partial charge in [-0.05, 0) is 18.1 Å². The number of rotatable bonds is 4. The molecule has 0 saturated carbocycles. The molecule has 118 valence electrons. The topological polar surface area (TPSA) is 64.7 Å². The number of benzene rings is 1. The normalized spacial score (nSPS) is 20.1. The van der Waals surface area contributed by atoms with E-state index < -0.39 is 0 Å². The second kappa shape index (κ2) is 6.89. The molecule has 0 aliphatic carbocycles. The van der Waals surface area contributed by atoms with E-state index in [-0.39, 0.29) is 24.9 Å². The zero-order valence-electron chi connectivity index (χ0n) is 12.7. The Morgan fingerprint density at radius 3 is 2.68 bits per heavy atom. The molecule has 0 aromatic heterocycles. The minimum absolute atomic E-state index is 0.0470. The molecule has 6 nitrogen and oxygen atoms in total. The molecule has 2 heterocycles. The van der Waals surface area contributed by atoms with Crippen molar-refractivity contribution >= 4 is 17.5 Å². The fraction of sp³-hybridized carbons (Fsp3) is 0.500. The zero-order valence-corrected chi connectivity index (χ0v) is 12.7. The molecule has 0 atom stereocenters. The highest BCUT2D eigenvalue weighted by molar-refractivity contribution is 6.04. The van der Waals surface area contributed by atoms with Crippen LogP contribution in [0.2, 0.25) is 0 Å². The van der Waals surface area contributed by atoms with Crippen molar-refractivity contribution in [2.24, 2.45) is 0 Å². The van der Waals surface area contributed by atoms with Gasteiger partial charge in [0.05, 0.1) is 6.54 Å². The minimum Gasteiger partial charge on any atom is -0.345 e. The predicted molar refractivity (Wildman–Crippen MR) is 84.8 cm³/mol. The summed E-state index contributed by atoms with van der Waals surface area (Å²) in [5.41, 5.74) is 2.00. The van der Waals surface area contributed by atoms with Crippen molar-refractivity contribution in [3.63, 3.8) is 0 Å². The van der Waals surface area contributed by atoms with Gasteiger partial charge >= 0.3 is 0 Å². The van der Waals surface area contributed by atoms with Crippen LogP contribution in [-0.4, -0.2) is 62.5 Å². The summed E-state index contributed by atoms with van der Waals surface area (Å²) >= 11 is 0. The molecule has 0 spiro atoms. The van der Waals surface area contributed by atoms with Gasteiger partial charge in [0.25, 0.3) is 0 Å². The van der Waals surface area contributed by atoms with Crippen LogP contribution in [0, 0.1) is 0 Å². The molecule has 2 saturated heterocycles. The molecule has 0 unspecified atom stereocenters. The van der Waals surface area contributed by atoms with Crippen LogP contribution in [0.4, 0.5) is 5.69 Å². The summed E-state index contributed by atoms with van der Waals surface area (Å²) in [6.45, 7) is 5.38. The Morgan fingerprint density at radius 2 is 1.86 bits per heavy atom. The van der Waals surface area contributed by atoms with E-state index in [1.54, 1.807) is 4.90 Å². The molecule has 2 amide bonds. The van der Waals surface area contributed by atoms with E-state index in [0.717, 1.165) is 50.4 Å². The van der Waals surface area contributed by atoms with Gasteiger partial charge in [-0.1, -0.05) is 18.2 Å². The number of anilines is 1. The smallest absolute Gasteiger partial charge is 0.246 e. The number of carbonyl (C=O) groups excluding carboxylic acids is 2. The lowest BCUT2D eigenvalue weighted by Crippen LogP contribution is -2.52. The fourth-order valence-corrected chi connectivity index (χ4v) is 2.98. The number of hydrogen-bond donors (Lipinski definition) is 2. The van der Waals surface area contributed by atoms with Crippen LogP contribution < -0.4 is 15.5 Å². The Labute approximate surface area is 130 Å². The van der Waals surface area contributed by atoms with Gasteiger partial charge in [0.15, 0.2) is 0 Å². The highest BCUT2D eigenvalue weighted by Gasteiger charge is 2.26. The van der Waals surface area contributed by atoms with Crippen LogP contribution in [0.25, 0.3) is 0 Å². The second-order valence-electron chi connectivity index (χ2n) is 5.73. The van der Waals surface area contributed by atoms with Gasteiger partial charge in [-0.25, -0.2) is 0 Å². The first-order valence-corrected chi connectivity index (χ1v) is 7.82. The summed E-state index contributed by atoms with van der Waals surface area (Å²) < 4.78 is 0. The summed E-state index contributed by atoms with van der Waals surface area (Å²) in [7, 11) is 0. The van der Waals surface area contributed by atoms with Gasteiger partial charge in [-0.3, -0.25) is 9.59 Å². The van der Waals surface area contributed by atoms with Gasteiger partial charge < -0.3 is 20.4 Å². The standard InChI is InChI=1S/C16H22N4O2/c21-15-12-20(16(22)11-18-15)14-4-2-1-3-13(14)5-8-19-9-6-17-7-10-19/h1-4,17H,5-12H2,(H,18,21). The van der Waals surface area contributed by atoms with Gasteiger partial charge in [-0.2, -0.15) is 0 Å². The monoisotopic (exact) mass is 302 g/mol. The summed E-state index contributed by atoms with van der Waals surface area (Å²) in [5, 5.41) is 5.94. The second-order valence-corrected chi connectivity index (χ2v) is 5.73. The average Bonchev–Trinajstić information content (AvgIpc) is 2.56. The van der Waals surface area contributed by atoms with E-state index in [9.17, 15) is 9.59 Å². The molecule has 2 aliphatic heterocycles. The maximum atomic E-state index is 12.1. The molecule has 1 aromatic rings. The first-order chi connectivity index (χ1) is 10.7. The molecule has 2 fully saturated rings. The molecule has 3 rings (SSSR count). The van der Waals surface area contributed by atoms with Gasteiger partial charge in [-0.15, -0.1) is 0 Å². The largest absolute Gasteiger partial charge is 0.345 e. The van der Waals surface area contributed by atoms with Crippen molar-refractivity contribution in [3.05, 3.63) is 29.8 Å². The Balaban J connectivity index is 1.71. The van der Waals surface area contributed by atoms with Crippen molar-refractivity contribution < 1.29 is 9.59 Å². The van der Waals surface area contributed by atoms with Crippen LogP contribution in [0.15, 0.2) is 24.3 Å². The Bertz CT molecular complexity index is 555. The van der Waals surface area contributed by atoms with E-state index in [4.69, 9.17) is 0 Å². The molecular weight excluding hydrogens is 280 g/mol. The van der Waals surface area contributed by atoms with E-state index in [2.05, 4.69) is 21.6 Å². The predicted octanol–water partition coefficient (Wildman–Crippen LogP) is -0.403. The van der Waals surface area contributed by atoms with Crippen LogP contribution in [-0.2, 0) is 16.0 Å². The quantitative estimate of drug-likeness (QED) is 0.794. The number of carbonyl (C=O) groups is 2. The van der Waals surface area contributed by atoms with Crippen LogP contribution in [0.1, 0.15) is 5.56 Å². The number of nitrogens with one attached hydrogen (secondary N) is 2. The van der Waals surface area contributed by atoms with Crippen molar-refractivity contribution in [1.29, 1.82) is 0 Å². The third kappa shape index (κ3) is 3.45. The number of para-hydroxylation sites is 1. The van der Waals surface area contributed by atoms with E-state index >= 15 is 0 Å². The number of nitrogens with zero attached hydrogens (tertiary/aromatic N) is 2. The Kier molecular flexibility index (Phi) is 4.70. The molecule has 1 aromatic carbocycles. The molecule has 22 heavy (non-hydrogen) atoms. The van der Waals surface area contributed by atoms with Crippen molar-refractivity contribution in [2.45, 2.75) is 6.42 Å². The van der Waals surface area contributed by atoms with Crippen molar-refractivity contribution in [3.8, 4) is 0 Å². The summed E-state index contributed by atoms with van der Waals surface area (Å²) in [4.78, 5) is 27.7.